The Balaban J connectivity index is 1.96. The van der Waals surface area contributed by atoms with E-state index in [1.54, 1.807) is 13.8 Å². The van der Waals surface area contributed by atoms with Crippen molar-refractivity contribution in [3.63, 3.8) is 0 Å². The first-order valence-electron chi connectivity index (χ1n) is 7.72. The summed E-state index contributed by atoms with van der Waals surface area (Å²) in [6.45, 7) is 3.22. The molecular formula is C19H20O5S. The van der Waals surface area contributed by atoms with Crippen LogP contribution in [0.1, 0.15) is 13.8 Å². The molecule has 0 amide bonds. The lowest BCUT2D eigenvalue weighted by Gasteiger charge is -2.21. The van der Waals surface area contributed by atoms with Gasteiger partial charge in [-0.05, 0) is 25.5 Å². The van der Waals surface area contributed by atoms with Gasteiger partial charge in [0.15, 0.2) is 12.6 Å². The minimum absolute atomic E-state index is 0.101. The van der Waals surface area contributed by atoms with Gasteiger partial charge in [0, 0.05) is 5.56 Å². The lowest BCUT2D eigenvalue weighted by molar-refractivity contribution is -0.166. The number of rotatable bonds is 9. The summed E-state index contributed by atoms with van der Waals surface area (Å²) in [7, 11) is 0. The molecule has 6 heteroatoms. The summed E-state index contributed by atoms with van der Waals surface area (Å²) in [5, 5.41) is 0. The van der Waals surface area contributed by atoms with Crippen LogP contribution in [0.25, 0.3) is 11.1 Å². The molecule has 0 aliphatic heterocycles. The van der Waals surface area contributed by atoms with Gasteiger partial charge >= 0.3 is 11.4 Å². The maximum atomic E-state index is 11.4. The molecule has 3 unspecified atom stereocenters. The van der Waals surface area contributed by atoms with Crippen molar-refractivity contribution in [3.05, 3.63) is 54.6 Å². The summed E-state index contributed by atoms with van der Waals surface area (Å²) in [6.07, 6.45) is 3.61. The summed E-state index contributed by atoms with van der Waals surface area (Å²) in [6, 6.07) is 17.6. The van der Waals surface area contributed by atoms with Gasteiger partial charge in [-0.25, -0.2) is 4.18 Å². The molecule has 0 fully saturated rings. The Kier molecular flexibility index (Phi) is 7.64. The van der Waals surface area contributed by atoms with Crippen molar-refractivity contribution in [2.45, 2.75) is 26.4 Å². The lowest BCUT2D eigenvalue weighted by Crippen LogP contribution is -2.25. The van der Waals surface area contributed by atoms with Crippen LogP contribution >= 0.6 is 0 Å². The van der Waals surface area contributed by atoms with Crippen LogP contribution in [0.5, 0.6) is 5.75 Å². The Hall–Kier alpha value is -2.17. The van der Waals surface area contributed by atoms with E-state index in [0.717, 1.165) is 11.1 Å². The van der Waals surface area contributed by atoms with Crippen molar-refractivity contribution in [3.8, 4) is 29.2 Å². The van der Waals surface area contributed by atoms with Gasteiger partial charge in [-0.2, -0.15) is 4.21 Å². The van der Waals surface area contributed by atoms with Crippen LogP contribution in [0.4, 0.5) is 0 Å². The quantitative estimate of drug-likeness (QED) is 0.504. The number of terminal acetylenes is 1. The van der Waals surface area contributed by atoms with Crippen LogP contribution in [0.2, 0.25) is 0 Å². The van der Waals surface area contributed by atoms with Crippen molar-refractivity contribution in [1.29, 1.82) is 0 Å². The fourth-order valence-electron chi connectivity index (χ4n) is 2.15. The topological polar surface area (TPSA) is 54.0 Å². The van der Waals surface area contributed by atoms with Gasteiger partial charge in [-0.1, -0.05) is 54.5 Å². The summed E-state index contributed by atoms with van der Waals surface area (Å²) in [5.74, 6) is 2.89. The molecule has 2 rings (SSSR count). The number of hydrogen-bond donors (Lipinski definition) is 0. The van der Waals surface area contributed by atoms with Crippen LogP contribution in [-0.4, -0.2) is 23.4 Å². The van der Waals surface area contributed by atoms with Crippen molar-refractivity contribution in [2.24, 2.45) is 0 Å². The molecule has 132 valence electrons. The molecular weight excluding hydrogens is 340 g/mol. The molecule has 0 aromatic heterocycles. The largest absolute Gasteiger partial charge is 0.465 e. The third kappa shape index (κ3) is 6.33. The average Bonchev–Trinajstić information content (AvgIpc) is 2.61. The van der Waals surface area contributed by atoms with Gasteiger partial charge in [-0.15, -0.1) is 6.42 Å². The fraction of sp³-hybridized carbons (Fsp3) is 0.263. The van der Waals surface area contributed by atoms with Gasteiger partial charge in [0.05, 0.1) is 0 Å². The van der Waals surface area contributed by atoms with E-state index < -0.39 is 23.9 Å². The van der Waals surface area contributed by atoms with Crippen molar-refractivity contribution in [1.82, 2.24) is 0 Å². The van der Waals surface area contributed by atoms with E-state index in [0.29, 0.717) is 5.75 Å². The lowest BCUT2D eigenvalue weighted by atomic mass is 10.1. The van der Waals surface area contributed by atoms with E-state index in [1.807, 2.05) is 54.6 Å². The molecule has 2 aromatic carbocycles. The first-order valence-corrected chi connectivity index (χ1v) is 8.72. The van der Waals surface area contributed by atoms with Crippen LogP contribution in [-0.2, 0) is 24.5 Å². The minimum Gasteiger partial charge on any atom is -0.465 e. The zero-order valence-electron chi connectivity index (χ0n) is 14.1. The highest BCUT2D eigenvalue weighted by Gasteiger charge is 2.15. The maximum absolute atomic E-state index is 11.4. The van der Waals surface area contributed by atoms with E-state index in [9.17, 15) is 4.21 Å². The predicted octanol–water partition coefficient (Wildman–Crippen LogP) is 3.69. The highest BCUT2D eigenvalue weighted by atomic mass is 32.2. The number of benzene rings is 2. The molecule has 2 aromatic rings. The Morgan fingerprint density at radius 1 is 1.04 bits per heavy atom. The predicted molar refractivity (Wildman–Crippen MR) is 96.5 cm³/mol. The molecule has 0 aliphatic rings. The van der Waals surface area contributed by atoms with E-state index in [1.165, 1.54) is 0 Å². The second-order valence-electron chi connectivity index (χ2n) is 5.02. The monoisotopic (exact) mass is 360 g/mol. The van der Waals surface area contributed by atoms with Crippen molar-refractivity contribution < 1.29 is 22.0 Å². The van der Waals surface area contributed by atoms with Crippen LogP contribution in [0.15, 0.2) is 54.6 Å². The number of ether oxygens (including phenoxy) is 2. The van der Waals surface area contributed by atoms with Gasteiger partial charge in [0.2, 0.25) is 0 Å². The zero-order chi connectivity index (χ0) is 18.1. The summed E-state index contributed by atoms with van der Waals surface area (Å²) in [5.41, 5.74) is 1.99. The minimum atomic E-state index is -1.97. The normalized spacial score (nSPS) is 14.3. The summed E-state index contributed by atoms with van der Waals surface area (Å²) < 4.78 is 32.6. The molecule has 0 saturated heterocycles. The highest BCUT2D eigenvalue weighted by Crippen LogP contribution is 2.30. The second kappa shape index (κ2) is 9.97. The molecule has 0 spiro atoms. The zero-order valence-corrected chi connectivity index (χ0v) is 14.9. The van der Waals surface area contributed by atoms with Gasteiger partial charge < -0.3 is 9.47 Å². The van der Waals surface area contributed by atoms with E-state index in [-0.39, 0.29) is 6.61 Å². The van der Waals surface area contributed by atoms with E-state index in [2.05, 4.69) is 5.92 Å². The number of para-hydroxylation sites is 1. The van der Waals surface area contributed by atoms with Crippen LogP contribution in [0, 0.1) is 12.3 Å². The highest BCUT2D eigenvalue weighted by molar-refractivity contribution is 7.75. The first-order chi connectivity index (χ1) is 12.1. The van der Waals surface area contributed by atoms with E-state index >= 15 is 0 Å². The number of hydrogen-bond acceptors (Lipinski definition) is 5. The third-order valence-electron chi connectivity index (χ3n) is 3.10. The molecule has 0 saturated carbocycles. The molecule has 0 aliphatic carbocycles. The molecule has 0 radical (unpaired) electrons. The summed E-state index contributed by atoms with van der Waals surface area (Å²) >= 11 is -1.97. The summed E-state index contributed by atoms with van der Waals surface area (Å²) in [4.78, 5) is 0. The first kappa shape index (κ1) is 19.2. The Labute approximate surface area is 150 Å². The molecule has 0 N–H and O–H groups in total. The van der Waals surface area contributed by atoms with Crippen LogP contribution in [0.3, 0.4) is 0 Å². The second-order valence-corrected chi connectivity index (χ2v) is 5.85. The molecule has 3 atom stereocenters. The smallest absolute Gasteiger partial charge is 0.308 e. The molecule has 0 heterocycles. The van der Waals surface area contributed by atoms with Crippen LogP contribution < -0.4 is 4.74 Å². The van der Waals surface area contributed by atoms with Gasteiger partial charge in [0.1, 0.15) is 12.4 Å². The van der Waals surface area contributed by atoms with E-state index in [4.69, 9.17) is 24.3 Å². The van der Waals surface area contributed by atoms with Gasteiger partial charge in [-0.3, -0.25) is 4.18 Å². The standard InChI is InChI=1S/C19H20O5S/c1-4-14-21-25(20)24-16(3)22-15(2)23-19-13-9-8-12-18(19)17-10-6-5-7-11-17/h1,5-13,15-16H,14H2,2-3H3. The SMILES string of the molecule is C#CCOS(=O)OC(C)OC(C)Oc1ccccc1-c1ccccc1. The maximum Gasteiger partial charge on any atom is 0.308 e. The molecule has 0 bridgehead atoms. The van der Waals surface area contributed by atoms with Crippen molar-refractivity contribution >= 4 is 11.4 Å². The molecule has 5 nitrogen and oxygen atoms in total. The Morgan fingerprint density at radius 3 is 2.44 bits per heavy atom. The Bertz CT molecular complexity index is 726. The van der Waals surface area contributed by atoms with Gasteiger partial charge in [0.25, 0.3) is 0 Å². The van der Waals surface area contributed by atoms with Crippen molar-refractivity contribution in [2.75, 3.05) is 6.61 Å². The Morgan fingerprint density at radius 2 is 1.72 bits per heavy atom. The fourth-order valence-corrected chi connectivity index (χ4v) is 2.63. The molecule has 25 heavy (non-hydrogen) atoms. The third-order valence-corrected chi connectivity index (χ3v) is 3.84. The average molecular weight is 360 g/mol.